The number of alkyl halides is 2. The molecule has 0 amide bonds. The van der Waals surface area contributed by atoms with Crippen LogP contribution in [0, 0.1) is 11.6 Å². The van der Waals surface area contributed by atoms with E-state index in [-0.39, 0.29) is 61.1 Å². The Morgan fingerprint density at radius 3 is 2.57 bits per heavy atom. The molecule has 1 aromatic heterocycles. The van der Waals surface area contributed by atoms with Gasteiger partial charge in [-0.05, 0) is 23.8 Å². The molecule has 0 aliphatic carbocycles. The van der Waals surface area contributed by atoms with Crippen LogP contribution >= 0.6 is 22.9 Å². The Labute approximate surface area is 209 Å². The zero-order valence-electron chi connectivity index (χ0n) is 18.2. The van der Waals surface area contributed by atoms with E-state index in [1.807, 2.05) is 4.90 Å². The van der Waals surface area contributed by atoms with Gasteiger partial charge in [-0.25, -0.2) is 31.0 Å². The average Bonchev–Trinajstić information content (AvgIpc) is 3.29. The molecule has 13 heteroatoms. The molecule has 0 radical (unpaired) electrons. The van der Waals surface area contributed by atoms with E-state index in [0.717, 1.165) is 12.1 Å². The molecule has 35 heavy (non-hydrogen) atoms. The van der Waals surface area contributed by atoms with E-state index in [0.29, 0.717) is 5.56 Å². The lowest BCUT2D eigenvalue weighted by molar-refractivity contribution is -0.0567. The number of piperidine rings is 1. The molecule has 4 rings (SSSR count). The number of anilines is 2. The van der Waals surface area contributed by atoms with Gasteiger partial charge in [-0.1, -0.05) is 23.7 Å². The van der Waals surface area contributed by atoms with Gasteiger partial charge in [-0.3, -0.25) is 9.62 Å². The van der Waals surface area contributed by atoms with E-state index >= 15 is 0 Å². The number of sulfonamides is 1. The fourth-order valence-corrected chi connectivity index (χ4v) is 5.68. The summed E-state index contributed by atoms with van der Waals surface area (Å²) < 4.78 is 83.5. The first kappa shape index (κ1) is 25.7. The van der Waals surface area contributed by atoms with E-state index in [1.165, 1.54) is 34.4 Å². The lowest BCUT2D eigenvalue weighted by Gasteiger charge is -2.32. The summed E-state index contributed by atoms with van der Waals surface area (Å²) >= 11 is 7.38. The molecule has 0 bridgehead atoms. The van der Waals surface area contributed by atoms with Crippen molar-refractivity contribution in [3.8, 4) is 0 Å². The third kappa shape index (κ3) is 6.24. The number of benzene rings is 2. The highest BCUT2D eigenvalue weighted by Gasteiger charge is 2.34. The summed E-state index contributed by atoms with van der Waals surface area (Å²) in [6.45, 7) is 0.595. The molecule has 0 unspecified atom stereocenters. The van der Waals surface area contributed by atoms with Gasteiger partial charge in [0.15, 0.2) is 5.82 Å². The highest BCUT2D eigenvalue weighted by molar-refractivity contribution is 7.92. The molecule has 1 aliphatic heterocycles. The molecule has 2 N–H and O–H groups in total. The van der Waals surface area contributed by atoms with Crippen LogP contribution < -0.4 is 10.0 Å². The number of nitrogens with one attached hydrogen (secondary N) is 2. The number of rotatable bonds is 8. The molecule has 1 aliphatic rings. The van der Waals surface area contributed by atoms with Crippen molar-refractivity contribution in [1.29, 1.82) is 0 Å². The Hall–Kier alpha value is -2.41. The molecule has 3 aromatic rings. The Bertz CT molecular complexity index is 1300. The van der Waals surface area contributed by atoms with Crippen LogP contribution in [0.1, 0.15) is 24.0 Å². The zero-order chi connectivity index (χ0) is 25.2. The van der Waals surface area contributed by atoms with Crippen LogP contribution in [0.5, 0.6) is 0 Å². The third-order valence-corrected chi connectivity index (χ3v) is 7.90. The van der Waals surface area contributed by atoms with Gasteiger partial charge in [-0.15, -0.1) is 11.3 Å². The fraction of sp³-hybridized carbons (Fsp3) is 0.318. The van der Waals surface area contributed by atoms with Crippen molar-refractivity contribution in [2.45, 2.75) is 36.7 Å². The molecule has 2 heterocycles. The second-order valence-electron chi connectivity index (χ2n) is 8.10. The van der Waals surface area contributed by atoms with Crippen LogP contribution in [0.3, 0.4) is 0 Å². The summed E-state index contributed by atoms with van der Waals surface area (Å²) in [4.78, 5) is 4.98. The number of likely N-dealkylation sites (tertiary alicyclic amines) is 1. The Morgan fingerprint density at radius 2 is 1.89 bits per heavy atom. The maximum absolute atomic E-state index is 14.7. The number of halogens is 5. The summed E-state index contributed by atoms with van der Waals surface area (Å²) in [5, 5.41) is 4.22. The maximum atomic E-state index is 14.7. The van der Waals surface area contributed by atoms with Crippen molar-refractivity contribution in [2.75, 3.05) is 23.1 Å². The van der Waals surface area contributed by atoms with Gasteiger partial charge >= 0.3 is 0 Å². The molecule has 1 saturated heterocycles. The lowest BCUT2D eigenvalue weighted by atomic mass is 10.0. The number of nitrogens with zero attached hydrogens (tertiary/aromatic N) is 2. The summed E-state index contributed by atoms with van der Waals surface area (Å²) in [5.41, 5.74) is 2.38. The molecule has 2 aromatic carbocycles. The van der Waals surface area contributed by atoms with Crippen molar-refractivity contribution in [3.63, 3.8) is 0 Å². The number of thiazole rings is 1. The van der Waals surface area contributed by atoms with Crippen molar-refractivity contribution in [3.05, 3.63) is 69.0 Å². The monoisotopic (exact) mass is 548 g/mol. The average molecular weight is 549 g/mol. The van der Waals surface area contributed by atoms with Gasteiger partial charge in [-0.2, -0.15) is 0 Å². The van der Waals surface area contributed by atoms with Crippen LogP contribution in [0.4, 0.5) is 29.1 Å². The second kappa shape index (κ2) is 10.3. The fourth-order valence-electron chi connectivity index (χ4n) is 3.74. The molecule has 0 saturated carbocycles. The van der Waals surface area contributed by atoms with Crippen molar-refractivity contribution in [2.24, 2.45) is 0 Å². The molecule has 188 valence electrons. The normalized spacial score (nSPS) is 16.3. The van der Waals surface area contributed by atoms with E-state index in [2.05, 4.69) is 15.0 Å². The number of aromatic nitrogens is 1. The van der Waals surface area contributed by atoms with Crippen molar-refractivity contribution in [1.82, 2.24) is 9.88 Å². The first-order valence-electron chi connectivity index (χ1n) is 10.5. The standard InChI is InChI=1S/C22H21ClF4N4O2S2/c23-16-8-20(35(32,33)30-21-12-34-13-29-21)18(25)9-19(16)28-10-15-14(2-1-3-17(15)24)11-31-6-4-22(26,27)5-7-31/h1-3,8-9,12-13,28,30H,4-7,10-11H2. The van der Waals surface area contributed by atoms with Gasteiger partial charge in [0, 0.05) is 50.0 Å². The van der Waals surface area contributed by atoms with Crippen molar-refractivity contribution < 1.29 is 26.0 Å². The summed E-state index contributed by atoms with van der Waals surface area (Å²) in [5.74, 6) is -4.19. The van der Waals surface area contributed by atoms with E-state index in [1.54, 1.807) is 6.07 Å². The minimum Gasteiger partial charge on any atom is -0.380 e. The molecular formula is C22H21ClF4N4O2S2. The lowest BCUT2D eigenvalue weighted by Crippen LogP contribution is -2.39. The van der Waals surface area contributed by atoms with E-state index in [4.69, 9.17) is 11.6 Å². The zero-order valence-corrected chi connectivity index (χ0v) is 20.6. The SMILES string of the molecule is O=S(=O)(Nc1cscn1)c1cc(Cl)c(NCc2c(F)cccc2CN2CCC(F)(F)CC2)cc1F. The van der Waals surface area contributed by atoms with Gasteiger partial charge in [0.2, 0.25) is 0 Å². The second-order valence-corrected chi connectivity index (χ2v) is 10.9. The van der Waals surface area contributed by atoms with Crippen LogP contribution in [0.25, 0.3) is 0 Å². The first-order chi connectivity index (χ1) is 16.5. The smallest absolute Gasteiger partial charge is 0.266 e. The van der Waals surface area contributed by atoms with E-state index < -0.39 is 32.5 Å². The maximum Gasteiger partial charge on any atom is 0.266 e. The van der Waals surface area contributed by atoms with Gasteiger partial charge in [0.25, 0.3) is 15.9 Å². The molecular weight excluding hydrogens is 528 g/mol. The predicted molar refractivity (Wildman–Crippen MR) is 128 cm³/mol. The van der Waals surface area contributed by atoms with Gasteiger partial charge < -0.3 is 5.32 Å². The molecule has 1 fully saturated rings. The van der Waals surface area contributed by atoms with Crippen LogP contribution in [-0.4, -0.2) is 37.3 Å². The van der Waals surface area contributed by atoms with Gasteiger partial charge in [0.1, 0.15) is 16.5 Å². The highest BCUT2D eigenvalue weighted by atomic mass is 35.5. The molecule has 0 spiro atoms. The van der Waals surface area contributed by atoms with Gasteiger partial charge in [0.05, 0.1) is 16.2 Å². The topological polar surface area (TPSA) is 74.3 Å². The summed E-state index contributed by atoms with van der Waals surface area (Å²) in [6.07, 6.45) is -0.505. The predicted octanol–water partition coefficient (Wildman–Crippen LogP) is 5.72. The van der Waals surface area contributed by atoms with Crippen LogP contribution in [0.2, 0.25) is 5.02 Å². The Kier molecular flexibility index (Phi) is 7.55. The summed E-state index contributed by atoms with van der Waals surface area (Å²) in [6, 6.07) is 6.39. The molecule has 6 nitrogen and oxygen atoms in total. The Morgan fingerprint density at radius 1 is 1.14 bits per heavy atom. The van der Waals surface area contributed by atoms with E-state index in [9.17, 15) is 26.0 Å². The van der Waals surface area contributed by atoms with Crippen LogP contribution in [0.15, 0.2) is 46.1 Å². The highest BCUT2D eigenvalue weighted by Crippen LogP contribution is 2.31. The minimum absolute atomic E-state index is 0.0530. The third-order valence-electron chi connectivity index (χ3n) is 5.64. The largest absolute Gasteiger partial charge is 0.380 e. The summed E-state index contributed by atoms with van der Waals surface area (Å²) in [7, 11) is -4.27. The number of hydrogen-bond acceptors (Lipinski definition) is 6. The number of hydrogen-bond donors (Lipinski definition) is 2. The van der Waals surface area contributed by atoms with Crippen LogP contribution in [-0.2, 0) is 23.1 Å². The van der Waals surface area contributed by atoms with Crippen molar-refractivity contribution >= 4 is 44.5 Å². The minimum atomic E-state index is -4.27. The first-order valence-corrected chi connectivity index (χ1v) is 13.3. The Balaban J connectivity index is 1.49. The quantitative estimate of drug-likeness (QED) is 0.352. The molecule has 0 atom stereocenters.